The Morgan fingerprint density at radius 3 is 3.00 bits per heavy atom. The average molecular weight is 297 g/mol. The second-order valence-corrected chi connectivity index (χ2v) is 5.39. The summed E-state index contributed by atoms with van der Waals surface area (Å²) in [7, 11) is 0. The minimum absolute atomic E-state index is 0.0312. The zero-order valence-electron chi connectivity index (χ0n) is 9.92. The molecule has 17 heavy (non-hydrogen) atoms. The van der Waals surface area contributed by atoms with Gasteiger partial charge in [-0.2, -0.15) is 0 Å². The monoisotopic (exact) mass is 296 g/mol. The summed E-state index contributed by atoms with van der Waals surface area (Å²) in [6.45, 7) is 3.89. The van der Waals surface area contributed by atoms with Crippen molar-refractivity contribution in [3.8, 4) is 0 Å². The maximum atomic E-state index is 12.1. The SMILES string of the molecule is Cc1cc(Br)ccc1C(=O)NC1CCCNC1. The van der Waals surface area contributed by atoms with Gasteiger partial charge in [0.05, 0.1) is 0 Å². The first-order valence-electron chi connectivity index (χ1n) is 5.94. The van der Waals surface area contributed by atoms with E-state index in [1.807, 2.05) is 25.1 Å². The maximum Gasteiger partial charge on any atom is 0.251 e. The molecule has 1 saturated heterocycles. The normalized spacial score (nSPS) is 20.0. The number of halogens is 1. The first-order valence-corrected chi connectivity index (χ1v) is 6.74. The lowest BCUT2D eigenvalue weighted by molar-refractivity contribution is 0.0930. The van der Waals surface area contributed by atoms with Crippen molar-refractivity contribution in [2.24, 2.45) is 0 Å². The van der Waals surface area contributed by atoms with Crippen LogP contribution in [0.25, 0.3) is 0 Å². The summed E-state index contributed by atoms with van der Waals surface area (Å²) in [5.74, 6) is 0.0312. The van der Waals surface area contributed by atoms with Crippen LogP contribution < -0.4 is 10.6 Å². The van der Waals surface area contributed by atoms with E-state index >= 15 is 0 Å². The molecule has 3 nitrogen and oxygen atoms in total. The van der Waals surface area contributed by atoms with Crippen LogP contribution in [0, 0.1) is 6.92 Å². The highest BCUT2D eigenvalue weighted by atomic mass is 79.9. The highest BCUT2D eigenvalue weighted by Gasteiger charge is 2.17. The third-order valence-electron chi connectivity index (χ3n) is 3.07. The smallest absolute Gasteiger partial charge is 0.251 e. The van der Waals surface area contributed by atoms with Crippen LogP contribution in [0.2, 0.25) is 0 Å². The molecule has 0 bridgehead atoms. The Balaban J connectivity index is 2.03. The maximum absolute atomic E-state index is 12.1. The predicted octanol–water partition coefficient (Wildman–Crippen LogP) is 2.24. The highest BCUT2D eigenvalue weighted by molar-refractivity contribution is 9.10. The molecule has 0 saturated carbocycles. The number of benzene rings is 1. The molecule has 1 fully saturated rings. The van der Waals surface area contributed by atoms with E-state index in [2.05, 4.69) is 26.6 Å². The van der Waals surface area contributed by atoms with Crippen LogP contribution in [-0.4, -0.2) is 25.0 Å². The lowest BCUT2D eigenvalue weighted by Crippen LogP contribution is -2.45. The van der Waals surface area contributed by atoms with E-state index in [1.54, 1.807) is 0 Å². The number of aryl methyl sites for hydroxylation is 1. The summed E-state index contributed by atoms with van der Waals surface area (Å²) in [6.07, 6.45) is 2.19. The summed E-state index contributed by atoms with van der Waals surface area (Å²) >= 11 is 3.40. The number of rotatable bonds is 2. The molecular weight excluding hydrogens is 280 g/mol. The molecule has 0 spiro atoms. The molecule has 1 aliphatic heterocycles. The Hall–Kier alpha value is -0.870. The molecule has 0 radical (unpaired) electrons. The Morgan fingerprint density at radius 2 is 2.35 bits per heavy atom. The molecule has 1 aromatic rings. The number of piperidine rings is 1. The molecular formula is C13H17BrN2O. The van der Waals surface area contributed by atoms with Gasteiger partial charge in [0.2, 0.25) is 0 Å². The molecule has 1 amide bonds. The third kappa shape index (κ3) is 3.30. The minimum Gasteiger partial charge on any atom is -0.348 e. The van der Waals surface area contributed by atoms with E-state index in [0.717, 1.165) is 41.5 Å². The van der Waals surface area contributed by atoms with Gasteiger partial charge >= 0.3 is 0 Å². The second kappa shape index (κ2) is 5.65. The van der Waals surface area contributed by atoms with Gasteiger partial charge in [-0.05, 0) is 50.1 Å². The standard InChI is InChI=1S/C13H17BrN2O/c1-9-7-10(14)4-5-12(9)13(17)16-11-3-2-6-15-8-11/h4-5,7,11,15H,2-3,6,8H2,1H3,(H,16,17). The summed E-state index contributed by atoms with van der Waals surface area (Å²) in [4.78, 5) is 12.1. The van der Waals surface area contributed by atoms with Crippen LogP contribution >= 0.6 is 15.9 Å². The fourth-order valence-corrected chi connectivity index (χ4v) is 2.60. The van der Waals surface area contributed by atoms with E-state index in [-0.39, 0.29) is 11.9 Å². The zero-order valence-corrected chi connectivity index (χ0v) is 11.5. The molecule has 1 heterocycles. The number of carbonyl (C=O) groups is 1. The van der Waals surface area contributed by atoms with Crippen molar-refractivity contribution in [2.75, 3.05) is 13.1 Å². The molecule has 0 aromatic heterocycles. The molecule has 1 aromatic carbocycles. The first-order chi connectivity index (χ1) is 8.16. The Bertz CT molecular complexity index is 414. The fourth-order valence-electron chi connectivity index (χ4n) is 2.12. The van der Waals surface area contributed by atoms with Crippen LogP contribution in [-0.2, 0) is 0 Å². The van der Waals surface area contributed by atoms with Gasteiger partial charge in [-0.1, -0.05) is 15.9 Å². The lowest BCUT2D eigenvalue weighted by atomic mass is 10.1. The van der Waals surface area contributed by atoms with Gasteiger partial charge in [-0.25, -0.2) is 0 Å². The van der Waals surface area contributed by atoms with E-state index in [0.29, 0.717) is 0 Å². The number of hydrogen-bond donors (Lipinski definition) is 2. The summed E-state index contributed by atoms with van der Waals surface area (Å²) in [6, 6.07) is 6.00. The predicted molar refractivity (Wildman–Crippen MR) is 72.2 cm³/mol. The molecule has 2 N–H and O–H groups in total. The highest BCUT2D eigenvalue weighted by Crippen LogP contribution is 2.16. The molecule has 0 aliphatic carbocycles. The fraction of sp³-hybridized carbons (Fsp3) is 0.462. The van der Waals surface area contributed by atoms with Crippen LogP contribution in [0.15, 0.2) is 22.7 Å². The van der Waals surface area contributed by atoms with Gasteiger partial charge in [0.15, 0.2) is 0 Å². The summed E-state index contributed by atoms with van der Waals surface area (Å²) < 4.78 is 1.01. The molecule has 92 valence electrons. The molecule has 4 heteroatoms. The third-order valence-corrected chi connectivity index (χ3v) is 3.56. The molecule has 1 atom stereocenters. The molecule has 1 unspecified atom stereocenters. The van der Waals surface area contributed by atoms with E-state index in [4.69, 9.17) is 0 Å². The largest absolute Gasteiger partial charge is 0.348 e. The van der Waals surface area contributed by atoms with Gasteiger partial charge < -0.3 is 10.6 Å². The van der Waals surface area contributed by atoms with E-state index in [1.165, 1.54) is 0 Å². The molecule has 2 rings (SSSR count). The minimum atomic E-state index is 0.0312. The molecule has 1 aliphatic rings. The van der Waals surface area contributed by atoms with Gasteiger partial charge in [-0.15, -0.1) is 0 Å². The number of amides is 1. The van der Waals surface area contributed by atoms with Crippen LogP contribution in [0.4, 0.5) is 0 Å². The average Bonchev–Trinajstić information content (AvgIpc) is 2.30. The summed E-state index contributed by atoms with van der Waals surface area (Å²) in [5, 5.41) is 6.37. The van der Waals surface area contributed by atoms with Crippen molar-refractivity contribution in [3.63, 3.8) is 0 Å². The Kier molecular flexibility index (Phi) is 4.18. The Labute approximate surface area is 110 Å². The number of nitrogens with one attached hydrogen (secondary N) is 2. The van der Waals surface area contributed by atoms with Gasteiger partial charge in [0.1, 0.15) is 0 Å². The van der Waals surface area contributed by atoms with Crippen LogP contribution in [0.5, 0.6) is 0 Å². The van der Waals surface area contributed by atoms with E-state index in [9.17, 15) is 4.79 Å². The quantitative estimate of drug-likeness (QED) is 0.879. The summed E-state index contributed by atoms with van der Waals surface area (Å²) in [5.41, 5.74) is 1.76. The lowest BCUT2D eigenvalue weighted by Gasteiger charge is -2.24. The van der Waals surface area contributed by atoms with Crippen LogP contribution in [0.3, 0.4) is 0 Å². The first kappa shape index (κ1) is 12.6. The van der Waals surface area contributed by atoms with Gasteiger partial charge in [0.25, 0.3) is 5.91 Å². The zero-order chi connectivity index (χ0) is 12.3. The topological polar surface area (TPSA) is 41.1 Å². The van der Waals surface area contributed by atoms with Crippen molar-refractivity contribution in [3.05, 3.63) is 33.8 Å². The van der Waals surface area contributed by atoms with Crippen molar-refractivity contribution in [1.82, 2.24) is 10.6 Å². The Morgan fingerprint density at radius 1 is 1.53 bits per heavy atom. The second-order valence-electron chi connectivity index (χ2n) is 4.48. The van der Waals surface area contributed by atoms with Gasteiger partial charge in [0, 0.05) is 22.6 Å². The van der Waals surface area contributed by atoms with Crippen molar-refractivity contribution in [2.45, 2.75) is 25.8 Å². The number of carbonyl (C=O) groups excluding carboxylic acids is 1. The van der Waals surface area contributed by atoms with Crippen LogP contribution in [0.1, 0.15) is 28.8 Å². The van der Waals surface area contributed by atoms with Gasteiger partial charge in [-0.3, -0.25) is 4.79 Å². The van der Waals surface area contributed by atoms with Crippen molar-refractivity contribution in [1.29, 1.82) is 0 Å². The van der Waals surface area contributed by atoms with E-state index < -0.39 is 0 Å². The van der Waals surface area contributed by atoms with Crippen molar-refractivity contribution < 1.29 is 4.79 Å². The number of hydrogen-bond acceptors (Lipinski definition) is 2. The van der Waals surface area contributed by atoms with Crippen molar-refractivity contribution >= 4 is 21.8 Å².